The number of H-pyrrole nitrogens is 1. The Hall–Kier alpha value is -3.09. The predicted octanol–water partition coefficient (Wildman–Crippen LogP) is 2.38. The molecule has 124 valence electrons. The van der Waals surface area contributed by atoms with Crippen LogP contribution in [-0.2, 0) is 13.1 Å². The summed E-state index contributed by atoms with van der Waals surface area (Å²) in [6, 6.07) is 13.7. The minimum absolute atomic E-state index is 0.0878. The fourth-order valence-electron chi connectivity index (χ4n) is 2.27. The number of benzene rings is 2. The number of aromatic amines is 1. The molecule has 7 heteroatoms. The number of nitrogens with one attached hydrogen (secondary N) is 2. The SMILES string of the molecule is COc1ccc(NCc2nn(Cc3ccccc3F)c(=O)[nH]2)cc1. The minimum atomic E-state index is -0.371. The molecule has 0 fully saturated rings. The highest BCUT2D eigenvalue weighted by Gasteiger charge is 2.08. The first-order chi connectivity index (χ1) is 11.7. The van der Waals surface area contributed by atoms with Crippen molar-refractivity contribution < 1.29 is 9.13 Å². The van der Waals surface area contributed by atoms with Gasteiger partial charge < -0.3 is 10.1 Å². The van der Waals surface area contributed by atoms with Gasteiger partial charge in [0.15, 0.2) is 0 Å². The predicted molar refractivity (Wildman–Crippen MR) is 88.7 cm³/mol. The summed E-state index contributed by atoms with van der Waals surface area (Å²) in [6.07, 6.45) is 0. The van der Waals surface area contributed by atoms with Crippen molar-refractivity contribution in [3.05, 3.63) is 76.2 Å². The van der Waals surface area contributed by atoms with E-state index in [-0.39, 0.29) is 18.1 Å². The topological polar surface area (TPSA) is 71.9 Å². The number of nitrogens with zero attached hydrogens (tertiary/aromatic N) is 2. The lowest BCUT2D eigenvalue weighted by atomic mass is 10.2. The van der Waals surface area contributed by atoms with Gasteiger partial charge in [0.25, 0.3) is 0 Å². The third-order valence-corrected chi connectivity index (χ3v) is 3.56. The molecule has 1 heterocycles. The van der Waals surface area contributed by atoms with Gasteiger partial charge >= 0.3 is 5.69 Å². The Balaban J connectivity index is 1.67. The van der Waals surface area contributed by atoms with Crippen LogP contribution in [0.25, 0.3) is 0 Å². The van der Waals surface area contributed by atoms with Crippen LogP contribution in [0.2, 0.25) is 0 Å². The van der Waals surface area contributed by atoms with E-state index in [0.717, 1.165) is 11.4 Å². The highest BCUT2D eigenvalue weighted by Crippen LogP contribution is 2.15. The van der Waals surface area contributed by atoms with E-state index >= 15 is 0 Å². The van der Waals surface area contributed by atoms with Crippen LogP contribution in [0, 0.1) is 5.82 Å². The van der Waals surface area contributed by atoms with Gasteiger partial charge in [0.1, 0.15) is 17.4 Å². The highest BCUT2D eigenvalue weighted by atomic mass is 19.1. The number of methoxy groups -OCH3 is 1. The zero-order valence-electron chi connectivity index (χ0n) is 13.1. The standard InChI is InChI=1S/C17H17FN4O2/c1-24-14-8-6-13(7-9-14)19-10-16-20-17(23)22(21-16)11-12-4-2-3-5-15(12)18/h2-9,19H,10-11H2,1H3,(H,20,21,23). The van der Waals surface area contributed by atoms with Crippen molar-refractivity contribution in [3.63, 3.8) is 0 Å². The molecule has 3 aromatic rings. The van der Waals surface area contributed by atoms with Crippen LogP contribution in [-0.4, -0.2) is 21.9 Å². The Morgan fingerprint density at radius 1 is 1.21 bits per heavy atom. The van der Waals surface area contributed by atoms with Gasteiger partial charge in [0.2, 0.25) is 0 Å². The molecule has 6 nitrogen and oxygen atoms in total. The molecule has 0 atom stereocenters. The zero-order valence-corrected chi connectivity index (χ0v) is 13.1. The van der Waals surface area contributed by atoms with Gasteiger partial charge in [0, 0.05) is 11.3 Å². The maximum atomic E-state index is 13.7. The van der Waals surface area contributed by atoms with Crippen molar-refractivity contribution >= 4 is 5.69 Å². The molecule has 0 aliphatic heterocycles. The molecule has 0 bridgehead atoms. The van der Waals surface area contributed by atoms with Gasteiger partial charge in [-0.15, -0.1) is 0 Å². The van der Waals surface area contributed by atoms with Gasteiger partial charge in [-0.25, -0.2) is 13.9 Å². The summed E-state index contributed by atoms with van der Waals surface area (Å²) in [5, 5.41) is 7.34. The summed E-state index contributed by atoms with van der Waals surface area (Å²) in [4.78, 5) is 14.6. The van der Waals surface area contributed by atoms with Crippen LogP contribution < -0.4 is 15.7 Å². The van der Waals surface area contributed by atoms with E-state index in [1.165, 1.54) is 10.7 Å². The molecule has 0 spiro atoms. The molecule has 0 aliphatic rings. The lowest BCUT2D eigenvalue weighted by Crippen LogP contribution is -2.19. The second kappa shape index (κ2) is 6.99. The minimum Gasteiger partial charge on any atom is -0.497 e. The van der Waals surface area contributed by atoms with E-state index in [2.05, 4.69) is 15.4 Å². The van der Waals surface area contributed by atoms with E-state index in [1.807, 2.05) is 24.3 Å². The molecule has 1 aromatic heterocycles. The van der Waals surface area contributed by atoms with Gasteiger partial charge in [-0.3, -0.25) is 4.98 Å². The molecule has 0 saturated carbocycles. The van der Waals surface area contributed by atoms with Crippen molar-refractivity contribution in [2.75, 3.05) is 12.4 Å². The molecule has 2 N–H and O–H groups in total. The first-order valence-corrected chi connectivity index (χ1v) is 7.43. The number of anilines is 1. The Morgan fingerprint density at radius 3 is 2.67 bits per heavy atom. The van der Waals surface area contributed by atoms with Gasteiger partial charge in [-0.05, 0) is 30.3 Å². The van der Waals surface area contributed by atoms with Gasteiger partial charge in [-0.1, -0.05) is 18.2 Å². The van der Waals surface area contributed by atoms with Crippen LogP contribution in [0.5, 0.6) is 5.75 Å². The van der Waals surface area contributed by atoms with Crippen molar-refractivity contribution in [1.29, 1.82) is 0 Å². The van der Waals surface area contributed by atoms with E-state index < -0.39 is 0 Å². The number of rotatable bonds is 6. The first kappa shape index (κ1) is 15.8. The van der Waals surface area contributed by atoms with E-state index in [4.69, 9.17) is 4.74 Å². The summed E-state index contributed by atoms with van der Waals surface area (Å²) >= 11 is 0. The summed E-state index contributed by atoms with van der Waals surface area (Å²) < 4.78 is 20.0. The third kappa shape index (κ3) is 3.62. The maximum Gasteiger partial charge on any atom is 0.343 e. The maximum absolute atomic E-state index is 13.7. The number of halogens is 1. The molecule has 0 unspecified atom stereocenters. The van der Waals surface area contributed by atoms with E-state index in [0.29, 0.717) is 17.9 Å². The van der Waals surface area contributed by atoms with Crippen LogP contribution in [0.3, 0.4) is 0 Å². The summed E-state index contributed by atoms with van der Waals surface area (Å²) in [5.41, 5.74) is 0.922. The fraction of sp³-hybridized carbons (Fsp3) is 0.176. The molecule has 0 amide bonds. The Morgan fingerprint density at radius 2 is 1.96 bits per heavy atom. The molecule has 0 saturated heterocycles. The lowest BCUT2D eigenvalue weighted by Gasteiger charge is -2.05. The Labute approximate surface area is 137 Å². The summed E-state index contributed by atoms with van der Waals surface area (Å²) in [7, 11) is 1.61. The summed E-state index contributed by atoms with van der Waals surface area (Å²) in [5.74, 6) is 0.889. The molecular formula is C17H17FN4O2. The van der Waals surface area contributed by atoms with Crippen molar-refractivity contribution in [2.45, 2.75) is 13.1 Å². The van der Waals surface area contributed by atoms with Gasteiger partial charge in [0.05, 0.1) is 20.2 Å². The molecule has 0 radical (unpaired) electrons. The van der Waals surface area contributed by atoms with Crippen LogP contribution in [0.1, 0.15) is 11.4 Å². The van der Waals surface area contributed by atoms with Crippen LogP contribution in [0.4, 0.5) is 10.1 Å². The molecule has 2 aromatic carbocycles. The molecule has 3 rings (SSSR count). The Kier molecular flexibility index (Phi) is 4.60. The second-order valence-corrected chi connectivity index (χ2v) is 5.21. The molecule has 0 aliphatic carbocycles. The number of hydrogen-bond donors (Lipinski definition) is 2. The molecular weight excluding hydrogens is 311 g/mol. The third-order valence-electron chi connectivity index (χ3n) is 3.56. The van der Waals surface area contributed by atoms with E-state index in [1.54, 1.807) is 25.3 Å². The average molecular weight is 328 g/mol. The average Bonchev–Trinajstić information content (AvgIpc) is 2.95. The smallest absolute Gasteiger partial charge is 0.343 e. The lowest BCUT2D eigenvalue weighted by molar-refractivity contribution is 0.415. The quantitative estimate of drug-likeness (QED) is 0.729. The van der Waals surface area contributed by atoms with Gasteiger partial charge in [-0.2, -0.15) is 5.10 Å². The first-order valence-electron chi connectivity index (χ1n) is 7.43. The van der Waals surface area contributed by atoms with Crippen LogP contribution >= 0.6 is 0 Å². The zero-order chi connectivity index (χ0) is 16.9. The van der Waals surface area contributed by atoms with Crippen molar-refractivity contribution in [1.82, 2.24) is 14.8 Å². The number of aromatic nitrogens is 3. The highest BCUT2D eigenvalue weighted by molar-refractivity contribution is 5.46. The monoisotopic (exact) mass is 328 g/mol. The number of ether oxygens (including phenoxy) is 1. The Bertz CT molecular complexity index is 871. The normalized spacial score (nSPS) is 10.6. The van der Waals surface area contributed by atoms with E-state index in [9.17, 15) is 9.18 Å². The summed E-state index contributed by atoms with van der Waals surface area (Å²) in [6.45, 7) is 0.441. The van der Waals surface area contributed by atoms with Crippen LogP contribution in [0.15, 0.2) is 53.3 Å². The molecule has 24 heavy (non-hydrogen) atoms. The second-order valence-electron chi connectivity index (χ2n) is 5.21. The van der Waals surface area contributed by atoms with Crippen molar-refractivity contribution in [2.24, 2.45) is 0 Å². The fourth-order valence-corrected chi connectivity index (χ4v) is 2.27. The van der Waals surface area contributed by atoms with Crippen molar-refractivity contribution in [3.8, 4) is 5.75 Å². The largest absolute Gasteiger partial charge is 0.497 e. The number of hydrogen-bond acceptors (Lipinski definition) is 4.